The van der Waals surface area contributed by atoms with E-state index in [4.69, 9.17) is 15.5 Å². The van der Waals surface area contributed by atoms with Crippen molar-refractivity contribution in [1.82, 2.24) is 20.0 Å². The quantitative estimate of drug-likeness (QED) is 0.451. The van der Waals surface area contributed by atoms with Crippen LogP contribution < -0.4 is 15.8 Å². The molecule has 1 aromatic carbocycles. The summed E-state index contributed by atoms with van der Waals surface area (Å²) in [5.74, 6) is 1.24. The first-order chi connectivity index (χ1) is 15.5. The van der Waals surface area contributed by atoms with Crippen molar-refractivity contribution in [2.45, 2.75) is 32.7 Å². The van der Waals surface area contributed by atoms with Crippen LogP contribution in [0.5, 0.6) is 5.75 Å². The van der Waals surface area contributed by atoms with Gasteiger partial charge in [-0.1, -0.05) is 12.1 Å². The highest BCUT2D eigenvalue weighted by Crippen LogP contribution is 2.15. The van der Waals surface area contributed by atoms with Crippen LogP contribution in [0.1, 0.15) is 31.7 Å². The number of amides is 2. The molecule has 0 spiro atoms. The van der Waals surface area contributed by atoms with Crippen LogP contribution >= 0.6 is 0 Å². The van der Waals surface area contributed by atoms with Crippen molar-refractivity contribution in [3.63, 3.8) is 0 Å². The average molecular weight is 445 g/mol. The summed E-state index contributed by atoms with van der Waals surface area (Å²) in [4.78, 5) is 34.8. The van der Waals surface area contributed by atoms with Gasteiger partial charge in [0.2, 0.25) is 5.91 Å². The molecule has 0 bridgehead atoms. The monoisotopic (exact) mass is 444 g/mol. The number of nitrogens with two attached hydrogens (primary N) is 1. The Hall–Kier alpha value is -2.81. The molecule has 2 aliphatic rings. The summed E-state index contributed by atoms with van der Waals surface area (Å²) in [6, 6.07) is 7.53. The summed E-state index contributed by atoms with van der Waals surface area (Å²) in [5, 5.41) is 3.37. The largest absolute Gasteiger partial charge is 0.484 e. The van der Waals surface area contributed by atoms with E-state index in [1.54, 1.807) is 6.07 Å². The fraction of sp³-hybridized carbons (Fsp3) is 0.609. The molecule has 3 rings (SSSR count). The standard InChI is InChI=1S/C23H36N6O3/c1-2-25-23(26-16-19-7-6-8-20(15-19)32-18-21(24)30)29-13-11-27(12-14-29)17-22(31)28-9-4-3-5-10-28/h6-8,15H,2-5,9-14,16-18H2,1H3,(H2,24,30)(H,25,26). The molecule has 32 heavy (non-hydrogen) atoms. The van der Waals surface area contributed by atoms with Crippen LogP contribution in [0.25, 0.3) is 0 Å². The van der Waals surface area contributed by atoms with Crippen molar-refractivity contribution in [3.8, 4) is 5.75 Å². The van der Waals surface area contributed by atoms with Crippen LogP contribution in [-0.4, -0.2) is 91.4 Å². The van der Waals surface area contributed by atoms with E-state index in [9.17, 15) is 9.59 Å². The number of nitrogens with one attached hydrogen (secondary N) is 1. The number of aliphatic imine (C=N–C) groups is 1. The lowest BCUT2D eigenvalue weighted by Gasteiger charge is -2.37. The summed E-state index contributed by atoms with van der Waals surface area (Å²) in [6.45, 7) is 8.90. The Morgan fingerprint density at radius 1 is 1.06 bits per heavy atom. The highest BCUT2D eigenvalue weighted by atomic mass is 16.5. The number of benzene rings is 1. The molecule has 2 saturated heterocycles. The Morgan fingerprint density at radius 2 is 1.81 bits per heavy atom. The van der Waals surface area contributed by atoms with Crippen LogP contribution in [0.2, 0.25) is 0 Å². The number of guanidine groups is 1. The molecule has 0 radical (unpaired) electrons. The van der Waals surface area contributed by atoms with E-state index in [1.807, 2.05) is 23.1 Å². The molecule has 176 valence electrons. The van der Waals surface area contributed by atoms with Gasteiger partial charge in [0, 0.05) is 45.8 Å². The molecule has 2 amide bonds. The summed E-state index contributed by atoms with van der Waals surface area (Å²) >= 11 is 0. The fourth-order valence-corrected chi connectivity index (χ4v) is 4.03. The van der Waals surface area contributed by atoms with E-state index in [0.29, 0.717) is 18.8 Å². The van der Waals surface area contributed by atoms with Crippen molar-refractivity contribution in [2.75, 3.05) is 59.0 Å². The minimum absolute atomic E-state index is 0.139. The fourth-order valence-electron chi connectivity index (χ4n) is 4.03. The maximum Gasteiger partial charge on any atom is 0.255 e. The van der Waals surface area contributed by atoms with Gasteiger partial charge in [-0.15, -0.1) is 0 Å². The molecule has 0 saturated carbocycles. The van der Waals surface area contributed by atoms with E-state index in [1.165, 1.54) is 6.42 Å². The number of nitrogens with zero attached hydrogens (tertiary/aromatic N) is 4. The maximum atomic E-state index is 12.6. The van der Waals surface area contributed by atoms with E-state index in [2.05, 4.69) is 22.0 Å². The SMILES string of the molecule is CCNC(=NCc1cccc(OCC(N)=O)c1)N1CCN(CC(=O)N2CCCCC2)CC1. The highest BCUT2D eigenvalue weighted by Gasteiger charge is 2.24. The van der Waals surface area contributed by atoms with Gasteiger partial charge in [0.25, 0.3) is 5.91 Å². The second-order valence-corrected chi connectivity index (χ2v) is 8.28. The van der Waals surface area contributed by atoms with Gasteiger partial charge in [0.15, 0.2) is 12.6 Å². The Morgan fingerprint density at radius 3 is 2.50 bits per heavy atom. The minimum atomic E-state index is -0.500. The van der Waals surface area contributed by atoms with Gasteiger partial charge in [-0.3, -0.25) is 14.5 Å². The van der Waals surface area contributed by atoms with E-state index in [0.717, 1.165) is 70.2 Å². The number of rotatable bonds is 8. The van der Waals surface area contributed by atoms with Crippen molar-refractivity contribution >= 4 is 17.8 Å². The molecule has 2 aliphatic heterocycles. The number of hydrogen-bond acceptors (Lipinski definition) is 5. The number of carbonyl (C=O) groups is 2. The first kappa shape index (κ1) is 23.8. The Labute approximate surface area is 190 Å². The number of likely N-dealkylation sites (tertiary alicyclic amines) is 1. The number of piperazine rings is 1. The zero-order valence-electron chi connectivity index (χ0n) is 19.1. The van der Waals surface area contributed by atoms with Crippen LogP contribution in [0, 0.1) is 0 Å². The molecule has 0 aliphatic carbocycles. The first-order valence-electron chi connectivity index (χ1n) is 11.6. The lowest BCUT2D eigenvalue weighted by Crippen LogP contribution is -2.54. The zero-order chi connectivity index (χ0) is 22.8. The molecule has 3 N–H and O–H groups in total. The highest BCUT2D eigenvalue weighted by molar-refractivity contribution is 5.80. The normalized spacial score (nSPS) is 17.8. The number of ether oxygens (including phenoxy) is 1. The van der Waals surface area contributed by atoms with Gasteiger partial charge in [0.1, 0.15) is 5.75 Å². The van der Waals surface area contributed by atoms with E-state index < -0.39 is 5.91 Å². The van der Waals surface area contributed by atoms with Crippen LogP contribution in [0.3, 0.4) is 0 Å². The third-order valence-corrected chi connectivity index (χ3v) is 5.77. The molecular weight excluding hydrogens is 408 g/mol. The third-order valence-electron chi connectivity index (χ3n) is 5.77. The van der Waals surface area contributed by atoms with Crippen molar-refractivity contribution < 1.29 is 14.3 Å². The van der Waals surface area contributed by atoms with Crippen molar-refractivity contribution in [2.24, 2.45) is 10.7 Å². The third kappa shape index (κ3) is 7.40. The second-order valence-electron chi connectivity index (χ2n) is 8.28. The average Bonchev–Trinajstić information content (AvgIpc) is 2.82. The van der Waals surface area contributed by atoms with Gasteiger partial charge >= 0.3 is 0 Å². The molecular formula is C23H36N6O3. The van der Waals surface area contributed by atoms with Gasteiger partial charge in [-0.05, 0) is 43.9 Å². The molecule has 2 heterocycles. The predicted molar refractivity (Wildman–Crippen MR) is 124 cm³/mol. The second kappa shape index (κ2) is 12.3. The summed E-state index contributed by atoms with van der Waals surface area (Å²) in [7, 11) is 0. The molecule has 0 atom stereocenters. The summed E-state index contributed by atoms with van der Waals surface area (Å²) in [6.07, 6.45) is 3.49. The van der Waals surface area contributed by atoms with Crippen LogP contribution in [0.4, 0.5) is 0 Å². The van der Waals surface area contributed by atoms with Crippen LogP contribution in [0.15, 0.2) is 29.3 Å². The number of primary amides is 1. The molecule has 9 heteroatoms. The topological polar surface area (TPSA) is 103 Å². The van der Waals surface area contributed by atoms with Crippen molar-refractivity contribution in [3.05, 3.63) is 29.8 Å². The lowest BCUT2D eigenvalue weighted by atomic mass is 10.1. The van der Waals surface area contributed by atoms with E-state index in [-0.39, 0.29) is 12.5 Å². The van der Waals surface area contributed by atoms with Gasteiger partial charge in [0.05, 0.1) is 13.1 Å². The Balaban J connectivity index is 1.51. The molecule has 1 aromatic rings. The Bertz CT molecular complexity index is 786. The molecule has 2 fully saturated rings. The smallest absolute Gasteiger partial charge is 0.255 e. The first-order valence-corrected chi connectivity index (χ1v) is 11.6. The zero-order valence-corrected chi connectivity index (χ0v) is 19.1. The summed E-state index contributed by atoms with van der Waals surface area (Å²) < 4.78 is 5.38. The van der Waals surface area contributed by atoms with Gasteiger partial charge in [-0.2, -0.15) is 0 Å². The molecule has 0 aromatic heterocycles. The maximum absolute atomic E-state index is 12.6. The summed E-state index contributed by atoms with van der Waals surface area (Å²) in [5.41, 5.74) is 6.14. The number of hydrogen-bond donors (Lipinski definition) is 2. The van der Waals surface area contributed by atoms with Crippen LogP contribution in [-0.2, 0) is 16.1 Å². The predicted octanol–water partition coefficient (Wildman–Crippen LogP) is 0.646. The number of carbonyl (C=O) groups excluding carboxylic acids is 2. The van der Waals surface area contributed by atoms with E-state index >= 15 is 0 Å². The molecule has 9 nitrogen and oxygen atoms in total. The van der Waals surface area contributed by atoms with Gasteiger partial charge in [-0.25, -0.2) is 4.99 Å². The van der Waals surface area contributed by atoms with Crippen molar-refractivity contribution in [1.29, 1.82) is 0 Å². The number of piperidine rings is 1. The lowest BCUT2D eigenvalue weighted by molar-refractivity contribution is -0.133. The molecule has 0 unspecified atom stereocenters. The van der Waals surface area contributed by atoms with Gasteiger partial charge < -0.3 is 25.6 Å². The minimum Gasteiger partial charge on any atom is -0.484 e. The Kier molecular flexibility index (Phi) is 9.15.